The molecule has 0 spiro atoms. The maximum Gasteiger partial charge on any atom is 0.416 e. The molecule has 0 saturated heterocycles. The summed E-state index contributed by atoms with van der Waals surface area (Å²) in [5.74, 6) is -1.80. The summed E-state index contributed by atoms with van der Waals surface area (Å²) in [7, 11) is 0. The Labute approximate surface area is 152 Å². The van der Waals surface area contributed by atoms with Crippen molar-refractivity contribution in [2.45, 2.75) is 12.6 Å². The summed E-state index contributed by atoms with van der Waals surface area (Å²) in [6.45, 7) is 0. The van der Waals surface area contributed by atoms with E-state index in [1.165, 1.54) is 18.2 Å². The van der Waals surface area contributed by atoms with E-state index in [0.29, 0.717) is 17.7 Å². The minimum absolute atomic E-state index is 0.237. The quantitative estimate of drug-likeness (QED) is 0.855. The Kier molecular flexibility index (Phi) is 4.86. The SMILES string of the molecule is N#Cc1cccc(NC(=O)C2CC2C(=O)Nc2ccc(C(F)(F)F)cc2)c1. The maximum atomic E-state index is 12.5. The number of nitrogens with one attached hydrogen (secondary N) is 2. The summed E-state index contributed by atoms with van der Waals surface area (Å²) in [5, 5.41) is 14.0. The van der Waals surface area contributed by atoms with Crippen LogP contribution in [0.4, 0.5) is 24.5 Å². The highest BCUT2D eigenvalue weighted by atomic mass is 19.4. The molecule has 0 bridgehead atoms. The lowest BCUT2D eigenvalue weighted by atomic mass is 10.2. The van der Waals surface area contributed by atoms with Gasteiger partial charge in [-0.05, 0) is 48.9 Å². The molecule has 8 heteroatoms. The largest absolute Gasteiger partial charge is 0.416 e. The highest BCUT2D eigenvalue weighted by Crippen LogP contribution is 2.40. The Morgan fingerprint density at radius 2 is 1.56 bits per heavy atom. The van der Waals surface area contributed by atoms with E-state index >= 15 is 0 Å². The lowest BCUT2D eigenvalue weighted by molar-refractivity contribution is -0.137. The van der Waals surface area contributed by atoms with Crippen LogP contribution in [0.15, 0.2) is 48.5 Å². The van der Waals surface area contributed by atoms with Crippen LogP contribution in [0, 0.1) is 23.2 Å². The molecular weight excluding hydrogens is 359 g/mol. The third kappa shape index (κ3) is 4.44. The molecule has 0 radical (unpaired) electrons. The number of rotatable bonds is 4. The molecule has 0 aliphatic heterocycles. The molecule has 1 fully saturated rings. The molecule has 27 heavy (non-hydrogen) atoms. The van der Waals surface area contributed by atoms with Gasteiger partial charge in [0.1, 0.15) is 0 Å². The molecule has 1 aliphatic rings. The zero-order valence-electron chi connectivity index (χ0n) is 13.9. The zero-order chi connectivity index (χ0) is 19.6. The third-order valence-corrected chi connectivity index (χ3v) is 4.20. The van der Waals surface area contributed by atoms with Crippen LogP contribution in [0.3, 0.4) is 0 Å². The predicted molar refractivity (Wildman–Crippen MR) is 91.5 cm³/mol. The number of carbonyl (C=O) groups excluding carboxylic acids is 2. The van der Waals surface area contributed by atoms with Gasteiger partial charge in [0.2, 0.25) is 11.8 Å². The van der Waals surface area contributed by atoms with E-state index in [4.69, 9.17) is 5.26 Å². The summed E-state index contributed by atoms with van der Waals surface area (Å²) in [6, 6.07) is 12.5. The van der Waals surface area contributed by atoms with Gasteiger partial charge in [-0.1, -0.05) is 6.07 Å². The van der Waals surface area contributed by atoms with Crippen molar-refractivity contribution in [1.29, 1.82) is 5.26 Å². The van der Waals surface area contributed by atoms with Crippen LogP contribution in [0.25, 0.3) is 0 Å². The van der Waals surface area contributed by atoms with Gasteiger partial charge in [0, 0.05) is 11.4 Å². The molecule has 2 unspecified atom stereocenters. The fraction of sp³-hybridized carbons (Fsp3) is 0.211. The summed E-state index contributed by atoms with van der Waals surface area (Å²) >= 11 is 0. The smallest absolute Gasteiger partial charge is 0.326 e. The molecule has 2 N–H and O–H groups in total. The minimum atomic E-state index is -4.44. The standard InChI is InChI=1S/C19H14F3N3O2/c20-19(21,22)12-4-6-13(7-5-12)24-17(26)15-9-16(15)18(27)25-14-3-1-2-11(8-14)10-23/h1-8,15-16H,9H2,(H,24,26)(H,25,27). The van der Waals surface area contributed by atoms with Gasteiger partial charge in [-0.2, -0.15) is 18.4 Å². The molecule has 1 aliphatic carbocycles. The fourth-order valence-electron chi connectivity index (χ4n) is 2.65. The lowest BCUT2D eigenvalue weighted by Gasteiger charge is -2.09. The van der Waals surface area contributed by atoms with Gasteiger partial charge in [0.05, 0.1) is 29.0 Å². The normalized spacial score (nSPS) is 18.3. The second kappa shape index (κ2) is 7.11. The van der Waals surface area contributed by atoms with E-state index in [1.54, 1.807) is 18.2 Å². The van der Waals surface area contributed by atoms with Gasteiger partial charge < -0.3 is 10.6 Å². The first-order chi connectivity index (χ1) is 12.8. The Balaban J connectivity index is 1.55. The van der Waals surface area contributed by atoms with Crippen LogP contribution in [0.1, 0.15) is 17.5 Å². The Hall–Kier alpha value is -3.34. The van der Waals surface area contributed by atoms with Crippen molar-refractivity contribution in [2.75, 3.05) is 10.6 Å². The Morgan fingerprint density at radius 3 is 2.11 bits per heavy atom. The second-order valence-electron chi connectivity index (χ2n) is 6.19. The number of alkyl halides is 3. The van der Waals surface area contributed by atoms with Crippen molar-refractivity contribution >= 4 is 23.2 Å². The molecule has 2 aromatic rings. The molecule has 2 amide bonds. The molecule has 0 aromatic heterocycles. The Morgan fingerprint density at radius 1 is 0.963 bits per heavy atom. The van der Waals surface area contributed by atoms with Crippen molar-refractivity contribution in [3.63, 3.8) is 0 Å². The van der Waals surface area contributed by atoms with Crippen molar-refractivity contribution < 1.29 is 22.8 Å². The Bertz CT molecular complexity index is 917. The number of hydrogen-bond donors (Lipinski definition) is 2. The molecule has 138 valence electrons. The fourth-order valence-corrected chi connectivity index (χ4v) is 2.65. The molecule has 0 heterocycles. The first-order valence-electron chi connectivity index (χ1n) is 8.07. The molecular formula is C19H14F3N3O2. The van der Waals surface area contributed by atoms with E-state index in [0.717, 1.165) is 12.1 Å². The topological polar surface area (TPSA) is 82.0 Å². The van der Waals surface area contributed by atoms with E-state index in [1.807, 2.05) is 6.07 Å². The lowest BCUT2D eigenvalue weighted by Crippen LogP contribution is -2.20. The van der Waals surface area contributed by atoms with Crippen molar-refractivity contribution in [2.24, 2.45) is 11.8 Å². The number of carbonyl (C=O) groups is 2. The van der Waals surface area contributed by atoms with Gasteiger partial charge >= 0.3 is 6.18 Å². The predicted octanol–water partition coefficient (Wildman–Crippen LogP) is 3.79. The summed E-state index contributed by atoms with van der Waals surface area (Å²) in [4.78, 5) is 24.4. The third-order valence-electron chi connectivity index (χ3n) is 4.20. The first-order valence-corrected chi connectivity index (χ1v) is 8.07. The minimum Gasteiger partial charge on any atom is -0.326 e. The average molecular weight is 373 g/mol. The van der Waals surface area contributed by atoms with Crippen molar-refractivity contribution in [1.82, 2.24) is 0 Å². The highest BCUT2D eigenvalue weighted by Gasteiger charge is 2.48. The van der Waals surface area contributed by atoms with Crippen LogP contribution in [0.2, 0.25) is 0 Å². The number of amides is 2. The van der Waals surface area contributed by atoms with E-state index in [9.17, 15) is 22.8 Å². The molecule has 5 nitrogen and oxygen atoms in total. The highest BCUT2D eigenvalue weighted by molar-refractivity contribution is 6.03. The number of nitriles is 1. The molecule has 2 aromatic carbocycles. The van der Waals surface area contributed by atoms with Gasteiger partial charge in [-0.3, -0.25) is 9.59 Å². The zero-order valence-corrected chi connectivity index (χ0v) is 13.9. The summed E-state index contributed by atoms with van der Waals surface area (Å²) < 4.78 is 37.6. The van der Waals surface area contributed by atoms with Crippen LogP contribution >= 0.6 is 0 Å². The number of anilines is 2. The van der Waals surface area contributed by atoms with Gasteiger partial charge in [0.15, 0.2) is 0 Å². The second-order valence-corrected chi connectivity index (χ2v) is 6.19. The average Bonchev–Trinajstić information content (AvgIpc) is 3.42. The number of nitrogens with zero attached hydrogens (tertiary/aromatic N) is 1. The number of hydrogen-bond acceptors (Lipinski definition) is 3. The van der Waals surface area contributed by atoms with Crippen LogP contribution < -0.4 is 10.6 Å². The monoisotopic (exact) mass is 373 g/mol. The maximum absolute atomic E-state index is 12.5. The summed E-state index contributed by atoms with van der Waals surface area (Å²) in [6.07, 6.45) is -4.08. The summed E-state index contributed by atoms with van der Waals surface area (Å²) in [5.41, 5.74) is 0.303. The van der Waals surface area contributed by atoms with Crippen LogP contribution in [-0.2, 0) is 15.8 Å². The number of benzene rings is 2. The van der Waals surface area contributed by atoms with Crippen molar-refractivity contribution in [3.05, 3.63) is 59.7 Å². The van der Waals surface area contributed by atoms with E-state index in [2.05, 4.69) is 10.6 Å². The van der Waals surface area contributed by atoms with Gasteiger partial charge in [-0.15, -0.1) is 0 Å². The van der Waals surface area contributed by atoms with Crippen LogP contribution in [-0.4, -0.2) is 11.8 Å². The number of halogens is 3. The van der Waals surface area contributed by atoms with Crippen molar-refractivity contribution in [3.8, 4) is 6.07 Å². The molecule has 2 atom stereocenters. The van der Waals surface area contributed by atoms with E-state index in [-0.39, 0.29) is 11.6 Å². The van der Waals surface area contributed by atoms with Gasteiger partial charge in [0.25, 0.3) is 0 Å². The first kappa shape index (κ1) is 18.5. The molecule has 1 saturated carbocycles. The van der Waals surface area contributed by atoms with Crippen LogP contribution in [0.5, 0.6) is 0 Å². The molecule has 3 rings (SSSR count). The van der Waals surface area contributed by atoms with Gasteiger partial charge in [-0.25, -0.2) is 0 Å². The van der Waals surface area contributed by atoms with E-state index < -0.39 is 29.5 Å².